The van der Waals surface area contributed by atoms with Crippen molar-refractivity contribution in [3.63, 3.8) is 0 Å². The topological polar surface area (TPSA) is 133 Å². The van der Waals surface area contributed by atoms with E-state index >= 15 is 0 Å². The Bertz CT molecular complexity index is 1680. The minimum Gasteiger partial charge on any atom is -0.489 e. The standard InChI is InChI=1S/C28H25NO8S.C4H6O/c1-2-36-28(14-20(30)12-17-6-4-3-5-7-17)26(34)29-24(25(32)33)19(16-38-27(28)29)15-35-21-10-8-18-9-11-23(31)37-22(18)13-21;1-3-5-4-2/h3-11,13,27H,2,12,14-16H2,1H3,(H,32,33);1H,4H2,2H3/t27-,28+;/m1./s1/i;1D. The van der Waals surface area contributed by atoms with Crippen molar-refractivity contribution in [3.05, 3.63) is 87.9 Å². The van der Waals surface area contributed by atoms with Gasteiger partial charge in [0.15, 0.2) is 5.60 Å². The van der Waals surface area contributed by atoms with Crippen molar-refractivity contribution < 1.29 is 39.5 Å². The lowest BCUT2D eigenvalue weighted by atomic mass is 9.83. The lowest BCUT2D eigenvalue weighted by Crippen LogP contribution is -2.75. The number of ether oxygens (including phenoxy) is 3. The molecule has 1 aromatic heterocycles. The molecule has 5 rings (SSSR count). The molecule has 0 radical (unpaired) electrons. The normalized spacial score (nSPS) is 19.1. The monoisotopic (exact) mass is 606 g/mol. The number of nitrogens with zero attached hydrogens (tertiary/aromatic N) is 1. The Hall–Kier alpha value is -4.53. The predicted octanol–water partition coefficient (Wildman–Crippen LogP) is 4.02. The van der Waals surface area contributed by atoms with Crippen LogP contribution in [0.4, 0.5) is 0 Å². The molecule has 43 heavy (non-hydrogen) atoms. The highest BCUT2D eigenvalue weighted by Gasteiger charge is 2.66. The van der Waals surface area contributed by atoms with Gasteiger partial charge in [-0.15, -0.1) is 11.8 Å². The van der Waals surface area contributed by atoms with Crippen molar-refractivity contribution in [2.24, 2.45) is 0 Å². The van der Waals surface area contributed by atoms with Gasteiger partial charge in [-0.1, -0.05) is 36.7 Å². The minimum atomic E-state index is -1.41. The Balaban J connectivity index is 0.000000670. The Labute approximate surface area is 254 Å². The summed E-state index contributed by atoms with van der Waals surface area (Å²) in [6.45, 7) is 4.25. The highest BCUT2D eigenvalue weighted by molar-refractivity contribution is 8.00. The second-order valence-electron chi connectivity index (χ2n) is 9.57. The van der Waals surface area contributed by atoms with E-state index in [-0.39, 0.29) is 43.3 Å². The SMILES string of the molecule is CCO[C@@]1(CC(=O)Cc2ccccc2)C(=O)N2C(C(=O)O)=C(COc3ccc4ccc(=O)oc4c3)CS[C@@H]21.[2H]C#COCC. The second kappa shape index (κ2) is 14.1. The molecule has 3 aromatic rings. The molecule has 0 bridgehead atoms. The molecular formula is C32H31NO9S. The first-order chi connectivity index (χ1) is 21.2. The van der Waals surface area contributed by atoms with Crippen LogP contribution in [0.3, 0.4) is 0 Å². The number of benzene rings is 2. The number of amides is 1. The van der Waals surface area contributed by atoms with Crippen LogP contribution in [0.15, 0.2) is 81.1 Å². The Morgan fingerprint density at radius 1 is 1.16 bits per heavy atom. The van der Waals surface area contributed by atoms with Crippen LogP contribution >= 0.6 is 11.8 Å². The van der Waals surface area contributed by atoms with Crippen LogP contribution in [0, 0.1) is 12.5 Å². The van der Waals surface area contributed by atoms with Crippen LogP contribution in [-0.2, 0) is 30.3 Å². The molecule has 0 aliphatic carbocycles. The summed E-state index contributed by atoms with van der Waals surface area (Å²) in [7, 11) is 0. The van der Waals surface area contributed by atoms with E-state index in [0.29, 0.717) is 23.5 Å². The first-order valence-electron chi connectivity index (χ1n) is 14.0. The molecule has 11 heteroatoms. The van der Waals surface area contributed by atoms with Crippen molar-refractivity contribution in [2.75, 3.05) is 25.6 Å². The fourth-order valence-electron chi connectivity index (χ4n) is 4.93. The van der Waals surface area contributed by atoms with E-state index in [1.54, 1.807) is 31.2 Å². The molecule has 0 unspecified atom stereocenters. The third kappa shape index (κ3) is 6.93. The summed E-state index contributed by atoms with van der Waals surface area (Å²) >= 11 is 1.35. The van der Waals surface area contributed by atoms with Crippen LogP contribution in [-0.4, -0.2) is 64.2 Å². The van der Waals surface area contributed by atoms with Gasteiger partial charge in [0.25, 0.3) is 5.91 Å². The van der Waals surface area contributed by atoms with Crippen LogP contribution < -0.4 is 10.4 Å². The maximum atomic E-state index is 13.5. The fourth-order valence-corrected chi connectivity index (χ4v) is 6.38. The van der Waals surface area contributed by atoms with Gasteiger partial charge in [0.2, 0.25) is 0 Å². The van der Waals surface area contributed by atoms with Crippen LogP contribution in [0.5, 0.6) is 5.75 Å². The number of hydrogen-bond donors (Lipinski definition) is 1. The molecule has 224 valence electrons. The van der Waals surface area contributed by atoms with Crippen LogP contribution in [0.2, 0.25) is 0 Å². The third-order valence-electron chi connectivity index (χ3n) is 6.74. The van der Waals surface area contributed by atoms with E-state index < -0.39 is 28.5 Å². The highest BCUT2D eigenvalue weighted by atomic mass is 32.2. The molecule has 0 spiro atoms. The van der Waals surface area contributed by atoms with Crippen LogP contribution in [0.1, 0.15) is 27.2 Å². The van der Waals surface area contributed by atoms with Gasteiger partial charge in [-0.25, -0.2) is 9.59 Å². The molecule has 2 aliphatic rings. The van der Waals surface area contributed by atoms with Gasteiger partial charge >= 0.3 is 11.6 Å². The summed E-state index contributed by atoms with van der Waals surface area (Å²) in [5, 5.41) is 10.1. The summed E-state index contributed by atoms with van der Waals surface area (Å²) in [5.74, 6) is -1.29. The van der Waals surface area contributed by atoms with E-state index in [2.05, 4.69) is 10.8 Å². The number of thioether (sulfide) groups is 1. The first kappa shape index (κ1) is 29.9. The molecule has 0 saturated carbocycles. The Morgan fingerprint density at radius 3 is 2.60 bits per heavy atom. The van der Waals surface area contributed by atoms with Crippen molar-refractivity contribution in [1.29, 1.82) is 0 Å². The average molecular weight is 607 g/mol. The summed E-state index contributed by atoms with van der Waals surface area (Å²) in [5.41, 5.74) is -0.451. The molecule has 2 aromatic carbocycles. The first-order valence-corrected chi connectivity index (χ1v) is 14.6. The Kier molecular flexibility index (Phi) is 9.81. The summed E-state index contributed by atoms with van der Waals surface area (Å²) in [6.07, 6.45) is 3.99. The summed E-state index contributed by atoms with van der Waals surface area (Å²) in [6, 6.07) is 17.2. The summed E-state index contributed by atoms with van der Waals surface area (Å²) in [4.78, 5) is 51.4. The number of hydrogen-bond acceptors (Lipinski definition) is 9. The van der Waals surface area contributed by atoms with Crippen molar-refractivity contribution in [2.45, 2.75) is 37.7 Å². The summed E-state index contributed by atoms with van der Waals surface area (Å²) < 4.78 is 27.5. The average Bonchev–Trinajstić information content (AvgIpc) is 3.02. The molecule has 2 atom stereocenters. The number of carboxylic acid groups (broad SMARTS) is 1. The van der Waals surface area contributed by atoms with Crippen molar-refractivity contribution in [1.82, 2.24) is 4.90 Å². The smallest absolute Gasteiger partial charge is 0.352 e. The Morgan fingerprint density at radius 2 is 1.93 bits per heavy atom. The van der Waals surface area contributed by atoms with Gasteiger partial charge in [-0.3, -0.25) is 14.5 Å². The fraction of sp³-hybridized carbons (Fsp3) is 0.312. The maximum absolute atomic E-state index is 13.5. The quantitative estimate of drug-likeness (QED) is 0.194. The van der Waals surface area contributed by atoms with Gasteiger partial charge in [0, 0.05) is 48.3 Å². The van der Waals surface area contributed by atoms with Gasteiger partial charge < -0.3 is 23.7 Å². The molecule has 1 amide bonds. The molecule has 10 nitrogen and oxygen atoms in total. The number of β-lactam (4-membered cyclic amide) rings is 1. The molecule has 1 fully saturated rings. The number of ketones is 1. The number of aliphatic carboxylic acids is 1. The third-order valence-corrected chi connectivity index (χ3v) is 8.16. The van der Waals surface area contributed by atoms with E-state index in [1.165, 1.54) is 22.7 Å². The number of carboxylic acids is 1. The van der Waals surface area contributed by atoms with E-state index in [1.807, 2.05) is 43.7 Å². The number of terminal acetylenes is 1. The highest BCUT2D eigenvalue weighted by Crippen LogP contribution is 2.50. The molecule has 3 heterocycles. The van der Waals surface area contributed by atoms with Crippen molar-refractivity contribution in [3.8, 4) is 18.3 Å². The minimum absolute atomic E-state index is 0.0811. The van der Waals surface area contributed by atoms with Crippen LogP contribution in [0.25, 0.3) is 11.0 Å². The largest absolute Gasteiger partial charge is 0.489 e. The number of carbonyl (C=O) groups is 3. The molecule has 1 N–H and O–H groups in total. The lowest BCUT2D eigenvalue weighted by Gasteiger charge is -2.56. The zero-order chi connectivity index (χ0) is 31.7. The molecule has 1 saturated heterocycles. The van der Waals surface area contributed by atoms with E-state index in [9.17, 15) is 24.3 Å². The lowest BCUT2D eigenvalue weighted by molar-refractivity contribution is -0.191. The van der Waals surface area contributed by atoms with Gasteiger partial charge in [0.05, 0.1) is 6.61 Å². The maximum Gasteiger partial charge on any atom is 0.352 e. The second-order valence-corrected chi connectivity index (χ2v) is 10.6. The number of carbonyl (C=O) groups excluding carboxylic acids is 2. The number of fused-ring (bicyclic) bond motifs is 2. The number of rotatable bonds is 11. The van der Waals surface area contributed by atoms with Gasteiger partial charge in [-0.2, -0.15) is 0 Å². The van der Waals surface area contributed by atoms with Gasteiger partial charge in [-0.05, 0) is 37.6 Å². The zero-order valence-electron chi connectivity index (χ0n) is 24.7. The predicted molar refractivity (Wildman–Crippen MR) is 160 cm³/mol. The molecular weight excluding hydrogens is 574 g/mol. The van der Waals surface area contributed by atoms with Gasteiger partial charge in [0.1, 0.15) is 42.3 Å². The zero-order valence-corrected chi connectivity index (χ0v) is 24.5. The van der Waals surface area contributed by atoms with E-state index in [4.69, 9.17) is 15.3 Å². The molecule has 2 aliphatic heterocycles. The van der Waals surface area contributed by atoms with Crippen molar-refractivity contribution >= 4 is 40.4 Å². The number of Topliss-reactive ketones (excluding diaryl/α,β-unsaturated/α-hetero) is 1. The van der Waals surface area contributed by atoms with E-state index in [0.717, 1.165) is 10.9 Å².